The lowest BCUT2D eigenvalue weighted by Crippen LogP contribution is -2.40. The van der Waals surface area contributed by atoms with E-state index in [1.165, 1.54) is 64.3 Å². The maximum absolute atomic E-state index is 6.01. The molecule has 2 fully saturated rings. The molecular weight excluding hydrogens is 208 g/mol. The molecule has 2 atom stereocenters. The van der Waals surface area contributed by atoms with Crippen molar-refractivity contribution < 1.29 is 0 Å². The van der Waals surface area contributed by atoms with Crippen LogP contribution in [0.2, 0.25) is 0 Å². The summed E-state index contributed by atoms with van der Waals surface area (Å²) in [6.07, 6.45) is 12.3. The zero-order valence-corrected chi connectivity index (χ0v) is 11.5. The van der Waals surface area contributed by atoms with Crippen LogP contribution in [0.15, 0.2) is 0 Å². The Balaban J connectivity index is 1.56. The minimum Gasteiger partial charge on any atom is -0.328 e. The Hall–Kier alpha value is -0.0800. The van der Waals surface area contributed by atoms with Gasteiger partial charge in [0.05, 0.1) is 0 Å². The Bertz CT molecular complexity index is 209. The third-order valence-corrected chi connectivity index (χ3v) is 4.84. The summed E-state index contributed by atoms with van der Waals surface area (Å²) in [5.41, 5.74) is 6.01. The van der Waals surface area contributed by atoms with Crippen molar-refractivity contribution >= 4 is 0 Å². The quantitative estimate of drug-likeness (QED) is 0.790. The molecule has 100 valence electrons. The number of hydrogen-bond donors (Lipinski definition) is 2. The molecule has 2 heteroatoms. The summed E-state index contributed by atoms with van der Waals surface area (Å²) in [6.45, 7) is 3.62. The van der Waals surface area contributed by atoms with Gasteiger partial charge in [0, 0.05) is 12.1 Å². The number of hydrogen-bond acceptors (Lipinski definition) is 2. The topological polar surface area (TPSA) is 38.0 Å². The molecule has 3 N–H and O–H groups in total. The van der Waals surface area contributed by atoms with Gasteiger partial charge in [0.1, 0.15) is 0 Å². The second-order valence-corrected chi connectivity index (χ2v) is 6.49. The van der Waals surface area contributed by atoms with Crippen molar-refractivity contribution in [1.29, 1.82) is 0 Å². The van der Waals surface area contributed by atoms with Crippen LogP contribution in [0.1, 0.15) is 64.7 Å². The van der Waals surface area contributed by atoms with Crippen LogP contribution in [0.5, 0.6) is 0 Å². The van der Waals surface area contributed by atoms with Crippen LogP contribution in [-0.4, -0.2) is 18.6 Å². The fraction of sp³-hybridized carbons (Fsp3) is 1.00. The Morgan fingerprint density at radius 2 is 1.82 bits per heavy atom. The third kappa shape index (κ3) is 4.59. The van der Waals surface area contributed by atoms with E-state index >= 15 is 0 Å². The summed E-state index contributed by atoms with van der Waals surface area (Å²) < 4.78 is 0. The van der Waals surface area contributed by atoms with Gasteiger partial charge in [0.25, 0.3) is 0 Å². The molecule has 17 heavy (non-hydrogen) atoms. The average Bonchev–Trinajstić information content (AvgIpc) is 2.32. The first-order valence-corrected chi connectivity index (χ1v) is 7.73. The monoisotopic (exact) mass is 238 g/mol. The number of nitrogens with one attached hydrogen (secondary N) is 1. The van der Waals surface area contributed by atoms with Crippen LogP contribution in [0.4, 0.5) is 0 Å². The van der Waals surface area contributed by atoms with E-state index in [0.717, 1.165) is 11.8 Å². The number of nitrogens with two attached hydrogens (primary N) is 1. The molecule has 0 heterocycles. The van der Waals surface area contributed by atoms with E-state index in [1.807, 2.05) is 0 Å². The van der Waals surface area contributed by atoms with E-state index in [0.29, 0.717) is 12.1 Å². The fourth-order valence-corrected chi connectivity index (χ4v) is 3.52. The summed E-state index contributed by atoms with van der Waals surface area (Å²) in [7, 11) is 0. The summed E-state index contributed by atoms with van der Waals surface area (Å²) in [6, 6.07) is 1.16. The van der Waals surface area contributed by atoms with Crippen molar-refractivity contribution in [2.75, 3.05) is 6.54 Å². The highest BCUT2D eigenvalue weighted by Crippen LogP contribution is 2.30. The van der Waals surface area contributed by atoms with E-state index < -0.39 is 0 Å². The van der Waals surface area contributed by atoms with Crippen LogP contribution < -0.4 is 11.1 Å². The minimum absolute atomic E-state index is 0.455. The third-order valence-electron chi connectivity index (χ3n) is 4.84. The first kappa shape index (κ1) is 13.4. The van der Waals surface area contributed by atoms with Gasteiger partial charge in [0.15, 0.2) is 0 Å². The standard InChI is InChI=1S/C15H30N2/c1-12-5-7-13(8-6-12)9-10-17-15-4-2-3-14(16)11-15/h12-15,17H,2-11,16H2,1H3. The molecule has 0 spiro atoms. The predicted molar refractivity (Wildman–Crippen MR) is 74.0 cm³/mol. The highest BCUT2D eigenvalue weighted by Gasteiger charge is 2.20. The largest absolute Gasteiger partial charge is 0.328 e. The summed E-state index contributed by atoms with van der Waals surface area (Å²) in [5.74, 6) is 1.98. The molecule has 0 aromatic carbocycles. The van der Waals surface area contributed by atoms with Gasteiger partial charge in [-0.3, -0.25) is 0 Å². The molecule has 2 aliphatic carbocycles. The second-order valence-electron chi connectivity index (χ2n) is 6.49. The van der Waals surface area contributed by atoms with Gasteiger partial charge < -0.3 is 11.1 Å². The first-order valence-electron chi connectivity index (χ1n) is 7.73. The molecule has 2 unspecified atom stereocenters. The fourth-order valence-electron chi connectivity index (χ4n) is 3.52. The van der Waals surface area contributed by atoms with E-state index in [9.17, 15) is 0 Å². The van der Waals surface area contributed by atoms with Gasteiger partial charge >= 0.3 is 0 Å². The van der Waals surface area contributed by atoms with Gasteiger partial charge in [-0.1, -0.05) is 39.0 Å². The second kappa shape index (κ2) is 6.75. The zero-order valence-electron chi connectivity index (χ0n) is 11.5. The van der Waals surface area contributed by atoms with Crippen molar-refractivity contribution in [3.05, 3.63) is 0 Å². The maximum Gasteiger partial charge on any atom is 0.00818 e. The molecule has 0 bridgehead atoms. The van der Waals surface area contributed by atoms with Crippen LogP contribution in [0.3, 0.4) is 0 Å². The first-order chi connectivity index (χ1) is 8.24. The van der Waals surface area contributed by atoms with Crippen molar-refractivity contribution in [3.63, 3.8) is 0 Å². The Morgan fingerprint density at radius 1 is 1.06 bits per heavy atom. The Kier molecular flexibility index (Phi) is 5.30. The molecule has 0 saturated heterocycles. The Labute approximate surface area is 107 Å². The normalized spacial score (nSPS) is 39.2. The molecule has 0 amide bonds. The zero-order chi connectivity index (χ0) is 12.1. The van der Waals surface area contributed by atoms with Gasteiger partial charge in [-0.2, -0.15) is 0 Å². The average molecular weight is 238 g/mol. The van der Waals surface area contributed by atoms with E-state index in [-0.39, 0.29) is 0 Å². The van der Waals surface area contributed by atoms with E-state index in [2.05, 4.69) is 12.2 Å². The summed E-state index contributed by atoms with van der Waals surface area (Å²) in [4.78, 5) is 0. The van der Waals surface area contributed by atoms with Gasteiger partial charge in [-0.05, 0) is 44.1 Å². The maximum atomic E-state index is 6.01. The molecule has 2 nitrogen and oxygen atoms in total. The molecular formula is C15H30N2. The molecule has 2 aliphatic rings. The van der Waals surface area contributed by atoms with Crippen LogP contribution in [-0.2, 0) is 0 Å². The van der Waals surface area contributed by atoms with Gasteiger partial charge in [-0.25, -0.2) is 0 Å². The predicted octanol–water partition coefficient (Wildman–Crippen LogP) is 3.06. The van der Waals surface area contributed by atoms with Crippen LogP contribution >= 0.6 is 0 Å². The molecule has 2 saturated carbocycles. The minimum atomic E-state index is 0.455. The molecule has 0 aromatic rings. The highest BCUT2D eigenvalue weighted by atomic mass is 14.9. The van der Waals surface area contributed by atoms with Crippen LogP contribution in [0.25, 0.3) is 0 Å². The van der Waals surface area contributed by atoms with Crippen molar-refractivity contribution in [1.82, 2.24) is 5.32 Å². The van der Waals surface area contributed by atoms with Crippen molar-refractivity contribution in [2.45, 2.75) is 76.8 Å². The molecule has 2 rings (SSSR count). The van der Waals surface area contributed by atoms with Crippen molar-refractivity contribution in [3.8, 4) is 0 Å². The lowest BCUT2D eigenvalue weighted by Gasteiger charge is -2.29. The summed E-state index contributed by atoms with van der Waals surface area (Å²) in [5, 5.41) is 3.73. The van der Waals surface area contributed by atoms with E-state index in [1.54, 1.807) is 0 Å². The molecule has 0 aliphatic heterocycles. The van der Waals surface area contributed by atoms with Gasteiger partial charge in [-0.15, -0.1) is 0 Å². The number of rotatable bonds is 4. The van der Waals surface area contributed by atoms with Gasteiger partial charge in [0.2, 0.25) is 0 Å². The lowest BCUT2D eigenvalue weighted by atomic mass is 9.81. The molecule has 0 aromatic heterocycles. The smallest absolute Gasteiger partial charge is 0.00818 e. The SMILES string of the molecule is CC1CCC(CCNC2CCCC(N)C2)CC1. The van der Waals surface area contributed by atoms with Crippen LogP contribution in [0, 0.1) is 11.8 Å². The van der Waals surface area contributed by atoms with E-state index in [4.69, 9.17) is 5.73 Å². The lowest BCUT2D eigenvalue weighted by molar-refractivity contribution is 0.264. The Morgan fingerprint density at radius 3 is 2.53 bits per heavy atom. The highest BCUT2D eigenvalue weighted by molar-refractivity contribution is 4.80. The molecule has 0 radical (unpaired) electrons. The van der Waals surface area contributed by atoms with Crippen molar-refractivity contribution in [2.24, 2.45) is 17.6 Å². The summed E-state index contributed by atoms with van der Waals surface area (Å²) >= 11 is 0.